The fourth-order valence-electron chi connectivity index (χ4n) is 0.550. The highest BCUT2D eigenvalue weighted by molar-refractivity contribution is 5.63. The van der Waals surface area contributed by atoms with Crippen molar-refractivity contribution in [2.45, 2.75) is 0 Å². The van der Waals surface area contributed by atoms with E-state index in [0.29, 0.717) is 12.4 Å². The molecule has 46 valence electrons. The smallest absolute Gasteiger partial charge is 0.184 e. The molecule has 0 saturated carbocycles. The average molecular weight is 122 g/mol. The number of aliphatic imine (C=N–C) groups is 1. The minimum Gasteiger partial charge on any atom is -0.382 e. The van der Waals surface area contributed by atoms with Gasteiger partial charge in [-0.15, -0.1) is 0 Å². The minimum absolute atomic E-state index is 0.378. The van der Waals surface area contributed by atoms with Crippen LogP contribution in [0.15, 0.2) is 17.0 Å². The van der Waals surface area contributed by atoms with Crippen LogP contribution in [0.2, 0.25) is 0 Å². The number of rotatable bonds is 0. The van der Waals surface area contributed by atoms with E-state index in [1.165, 1.54) is 11.1 Å². The highest BCUT2D eigenvalue weighted by Gasteiger charge is 1.99. The standard InChI is InChI=1S/C5H6N4/c6-4-9-2-1-8-5(7)3-9/h1,3H,2,7H2. The molecule has 0 aromatic carbocycles. The van der Waals surface area contributed by atoms with E-state index in [1.807, 2.05) is 6.19 Å². The van der Waals surface area contributed by atoms with Crippen molar-refractivity contribution in [2.24, 2.45) is 10.7 Å². The summed E-state index contributed by atoms with van der Waals surface area (Å²) in [6, 6.07) is 0. The lowest BCUT2D eigenvalue weighted by atomic mass is 10.5. The van der Waals surface area contributed by atoms with Gasteiger partial charge in [0.15, 0.2) is 6.19 Å². The monoisotopic (exact) mass is 122 g/mol. The fraction of sp³-hybridized carbons (Fsp3) is 0.200. The van der Waals surface area contributed by atoms with Crippen LogP contribution < -0.4 is 5.73 Å². The predicted octanol–water partition coefficient (Wildman–Crippen LogP) is -0.389. The number of nitrogens with two attached hydrogens (primary N) is 1. The Kier molecular flexibility index (Phi) is 1.36. The third-order valence-corrected chi connectivity index (χ3v) is 0.935. The van der Waals surface area contributed by atoms with Crippen molar-refractivity contribution in [1.29, 1.82) is 5.26 Å². The van der Waals surface area contributed by atoms with Gasteiger partial charge in [-0.2, -0.15) is 5.26 Å². The van der Waals surface area contributed by atoms with Crippen molar-refractivity contribution in [1.82, 2.24) is 4.90 Å². The molecule has 0 amide bonds. The van der Waals surface area contributed by atoms with E-state index in [-0.39, 0.29) is 0 Å². The van der Waals surface area contributed by atoms with E-state index in [4.69, 9.17) is 11.0 Å². The molecule has 0 aromatic rings. The van der Waals surface area contributed by atoms with E-state index < -0.39 is 0 Å². The van der Waals surface area contributed by atoms with E-state index >= 15 is 0 Å². The Morgan fingerprint density at radius 1 is 1.89 bits per heavy atom. The van der Waals surface area contributed by atoms with Crippen LogP contribution in [0.1, 0.15) is 0 Å². The Balaban J connectivity index is 2.69. The van der Waals surface area contributed by atoms with Gasteiger partial charge >= 0.3 is 0 Å². The lowest BCUT2D eigenvalue weighted by Crippen LogP contribution is -2.19. The van der Waals surface area contributed by atoms with Gasteiger partial charge in [0.05, 0.1) is 12.7 Å². The molecule has 1 aliphatic heterocycles. The Hall–Kier alpha value is -1.50. The summed E-state index contributed by atoms with van der Waals surface area (Å²) in [4.78, 5) is 5.15. The molecule has 0 atom stereocenters. The summed E-state index contributed by atoms with van der Waals surface area (Å²) >= 11 is 0. The van der Waals surface area contributed by atoms with E-state index in [2.05, 4.69) is 4.99 Å². The Bertz CT molecular complexity index is 197. The highest BCUT2D eigenvalue weighted by Crippen LogP contribution is 1.95. The maximum Gasteiger partial charge on any atom is 0.184 e. The van der Waals surface area contributed by atoms with Gasteiger partial charge in [0.2, 0.25) is 0 Å². The number of hydrogen-bond acceptors (Lipinski definition) is 4. The number of nitriles is 1. The van der Waals surface area contributed by atoms with Gasteiger partial charge in [-0.05, 0) is 0 Å². The van der Waals surface area contributed by atoms with Crippen molar-refractivity contribution in [3.05, 3.63) is 12.0 Å². The fourth-order valence-corrected chi connectivity index (χ4v) is 0.550. The van der Waals surface area contributed by atoms with Crippen molar-refractivity contribution < 1.29 is 0 Å². The molecule has 0 fully saturated rings. The maximum atomic E-state index is 8.32. The predicted molar refractivity (Wildman–Crippen MR) is 33.1 cm³/mol. The number of nitrogens with zero attached hydrogens (tertiary/aromatic N) is 3. The summed E-state index contributed by atoms with van der Waals surface area (Å²) in [5, 5.41) is 8.32. The van der Waals surface area contributed by atoms with Gasteiger partial charge in [0, 0.05) is 6.21 Å². The molecule has 0 bridgehead atoms. The van der Waals surface area contributed by atoms with Crippen molar-refractivity contribution >= 4 is 6.21 Å². The maximum absolute atomic E-state index is 8.32. The van der Waals surface area contributed by atoms with Crippen molar-refractivity contribution in [2.75, 3.05) is 6.54 Å². The van der Waals surface area contributed by atoms with E-state index in [1.54, 1.807) is 6.21 Å². The molecule has 4 heteroatoms. The lowest BCUT2D eigenvalue weighted by molar-refractivity contribution is 0.591. The molecule has 9 heavy (non-hydrogen) atoms. The first-order chi connectivity index (χ1) is 4.33. The Labute approximate surface area is 52.9 Å². The first kappa shape index (κ1) is 5.63. The zero-order chi connectivity index (χ0) is 6.69. The van der Waals surface area contributed by atoms with E-state index in [0.717, 1.165) is 0 Å². The first-order valence-corrected chi connectivity index (χ1v) is 2.49. The Morgan fingerprint density at radius 2 is 2.67 bits per heavy atom. The van der Waals surface area contributed by atoms with Crippen LogP contribution >= 0.6 is 0 Å². The molecule has 0 spiro atoms. The molecular weight excluding hydrogens is 116 g/mol. The summed E-state index contributed by atoms with van der Waals surface area (Å²) in [5.41, 5.74) is 5.27. The van der Waals surface area contributed by atoms with Crippen LogP contribution in [0.5, 0.6) is 0 Å². The second-order valence-electron chi connectivity index (χ2n) is 1.62. The molecule has 0 unspecified atom stereocenters. The normalized spacial score (nSPS) is 16.8. The third-order valence-electron chi connectivity index (χ3n) is 0.935. The quantitative estimate of drug-likeness (QED) is 0.445. The topological polar surface area (TPSA) is 65.4 Å². The molecular formula is C5H6N4. The molecule has 0 radical (unpaired) electrons. The molecule has 1 heterocycles. The number of hydrogen-bond donors (Lipinski definition) is 1. The van der Waals surface area contributed by atoms with Gasteiger partial charge in [-0.1, -0.05) is 0 Å². The summed E-state index contributed by atoms with van der Waals surface area (Å²) in [6.45, 7) is 0.525. The largest absolute Gasteiger partial charge is 0.382 e. The molecule has 0 saturated heterocycles. The van der Waals surface area contributed by atoms with Crippen LogP contribution in [-0.2, 0) is 0 Å². The summed E-state index contributed by atoms with van der Waals surface area (Å²) < 4.78 is 0. The highest BCUT2D eigenvalue weighted by atomic mass is 15.1. The van der Waals surface area contributed by atoms with Gasteiger partial charge in [-0.3, -0.25) is 4.90 Å². The molecule has 0 aromatic heterocycles. The first-order valence-electron chi connectivity index (χ1n) is 2.49. The van der Waals surface area contributed by atoms with Crippen LogP contribution in [0.3, 0.4) is 0 Å². The average Bonchev–Trinajstić information content (AvgIpc) is 1.88. The van der Waals surface area contributed by atoms with Crippen LogP contribution in [0, 0.1) is 11.5 Å². The Morgan fingerprint density at radius 3 is 3.11 bits per heavy atom. The van der Waals surface area contributed by atoms with Crippen molar-refractivity contribution in [3.63, 3.8) is 0 Å². The molecule has 1 aliphatic rings. The summed E-state index contributed by atoms with van der Waals surface area (Å²) in [5.74, 6) is 0.378. The lowest BCUT2D eigenvalue weighted by Gasteiger charge is -2.10. The minimum atomic E-state index is 0.378. The second-order valence-corrected chi connectivity index (χ2v) is 1.62. The van der Waals surface area contributed by atoms with Crippen molar-refractivity contribution in [3.8, 4) is 6.19 Å². The third kappa shape index (κ3) is 1.19. The van der Waals surface area contributed by atoms with Crippen LogP contribution in [-0.4, -0.2) is 17.7 Å². The van der Waals surface area contributed by atoms with Crippen LogP contribution in [0.4, 0.5) is 0 Å². The van der Waals surface area contributed by atoms with Gasteiger partial charge in [0.25, 0.3) is 0 Å². The van der Waals surface area contributed by atoms with Crippen LogP contribution in [0.25, 0.3) is 0 Å². The SMILES string of the molecule is N#CN1C=C(N)N=CC1. The second kappa shape index (κ2) is 2.18. The summed E-state index contributed by atoms with van der Waals surface area (Å²) in [7, 11) is 0. The zero-order valence-electron chi connectivity index (χ0n) is 4.78. The molecule has 2 N–H and O–H groups in total. The molecule has 4 nitrogen and oxygen atoms in total. The van der Waals surface area contributed by atoms with Gasteiger partial charge < -0.3 is 5.73 Å². The van der Waals surface area contributed by atoms with E-state index in [9.17, 15) is 0 Å². The molecule has 0 aliphatic carbocycles. The van der Waals surface area contributed by atoms with Gasteiger partial charge in [-0.25, -0.2) is 4.99 Å². The zero-order valence-corrected chi connectivity index (χ0v) is 4.78. The summed E-state index contributed by atoms with van der Waals surface area (Å²) in [6.07, 6.45) is 5.02. The molecule has 1 rings (SSSR count). The van der Waals surface area contributed by atoms with Gasteiger partial charge in [0.1, 0.15) is 5.82 Å².